The minimum atomic E-state index is -0.328. The number of hydrogen-bond donors (Lipinski definition) is 2. The number of hydrogen-bond acceptors (Lipinski definition) is 4. The molecule has 2 aliphatic rings. The molecule has 1 aromatic carbocycles. The van der Waals surface area contributed by atoms with Gasteiger partial charge in [0, 0.05) is 19.3 Å². The summed E-state index contributed by atoms with van der Waals surface area (Å²) in [6.07, 6.45) is 1.85. The smallest absolute Gasteiger partial charge is 0.261 e. The molecule has 0 aliphatic carbocycles. The summed E-state index contributed by atoms with van der Waals surface area (Å²) in [5.74, 6) is -0.728. The van der Waals surface area contributed by atoms with E-state index in [9.17, 15) is 14.4 Å². The Morgan fingerprint density at radius 2 is 2.05 bits per heavy atom. The number of carbonyl (C=O) groups is 3. The molecule has 0 bridgehead atoms. The average Bonchev–Trinajstić information content (AvgIpc) is 2.73. The molecule has 1 fully saturated rings. The summed E-state index contributed by atoms with van der Waals surface area (Å²) in [6.45, 7) is 1.63. The number of anilines is 1. The fourth-order valence-electron chi connectivity index (χ4n) is 2.76. The van der Waals surface area contributed by atoms with Gasteiger partial charge in [-0.15, -0.1) is 0 Å². The van der Waals surface area contributed by atoms with Gasteiger partial charge in [-0.3, -0.25) is 19.3 Å². The van der Waals surface area contributed by atoms with Gasteiger partial charge in [0.15, 0.2) is 0 Å². The topological polar surface area (TPSA) is 78.5 Å². The molecule has 2 aliphatic heterocycles. The molecule has 21 heavy (non-hydrogen) atoms. The normalized spacial score (nSPS) is 21.4. The second-order valence-electron chi connectivity index (χ2n) is 5.46. The summed E-state index contributed by atoms with van der Waals surface area (Å²) in [6, 6.07) is 4.83. The van der Waals surface area contributed by atoms with E-state index in [0.29, 0.717) is 23.4 Å². The van der Waals surface area contributed by atoms with Crippen LogP contribution < -0.4 is 10.6 Å². The van der Waals surface area contributed by atoms with E-state index >= 15 is 0 Å². The Hall–Kier alpha value is -2.21. The first kappa shape index (κ1) is 13.8. The highest BCUT2D eigenvalue weighted by atomic mass is 16.2. The van der Waals surface area contributed by atoms with Crippen molar-refractivity contribution in [1.82, 2.24) is 10.2 Å². The van der Waals surface area contributed by atoms with Crippen molar-refractivity contribution in [2.45, 2.75) is 12.8 Å². The molecule has 0 saturated carbocycles. The SMILES string of the molecule is CN1C(=O)c2ccc(NC(=O)C3CCCNC3)cc2C1=O. The zero-order valence-corrected chi connectivity index (χ0v) is 11.8. The second kappa shape index (κ2) is 5.29. The first-order chi connectivity index (χ1) is 10.1. The second-order valence-corrected chi connectivity index (χ2v) is 5.46. The molecule has 1 atom stereocenters. The van der Waals surface area contributed by atoms with Crippen LogP contribution in [0.15, 0.2) is 18.2 Å². The Labute approximate surface area is 122 Å². The van der Waals surface area contributed by atoms with Crippen molar-refractivity contribution < 1.29 is 14.4 Å². The van der Waals surface area contributed by atoms with Crippen molar-refractivity contribution in [1.29, 1.82) is 0 Å². The van der Waals surface area contributed by atoms with Crippen LogP contribution in [-0.4, -0.2) is 42.8 Å². The molecule has 1 aromatic rings. The maximum absolute atomic E-state index is 12.2. The highest BCUT2D eigenvalue weighted by Crippen LogP contribution is 2.25. The molecule has 3 rings (SSSR count). The van der Waals surface area contributed by atoms with Crippen LogP contribution >= 0.6 is 0 Å². The van der Waals surface area contributed by atoms with Gasteiger partial charge in [-0.05, 0) is 37.6 Å². The lowest BCUT2D eigenvalue weighted by Gasteiger charge is -2.21. The van der Waals surface area contributed by atoms with Crippen molar-refractivity contribution in [3.05, 3.63) is 29.3 Å². The van der Waals surface area contributed by atoms with Gasteiger partial charge in [0.05, 0.1) is 17.0 Å². The maximum atomic E-state index is 12.2. The predicted octanol–water partition coefficient (Wildman–Crippen LogP) is 0.850. The van der Waals surface area contributed by atoms with Crippen LogP contribution in [0.5, 0.6) is 0 Å². The fraction of sp³-hybridized carbons (Fsp3) is 0.400. The third kappa shape index (κ3) is 2.42. The molecule has 1 unspecified atom stereocenters. The highest BCUT2D eigenvalue weighted by molar-refractivity contribution is 6.21. The zero-order valence-electron chi connectivity index (χ0n) is 11.8. The van der Waals surface area contributed by atoms with E-state index in [1.165, 1.54) is 7.05 Å². The third-order valence-electron chi connectivity index (χ3n) is 4.02. The van der Waals surface area contributed by atoms with E-state index in [1.54, 1.807) is 18.2 Å². The summed E-state index contributed by atoms with van der Waals surface area (Å²) < 4.78 is 0. The molecule has 6 heteroatoms. The number of nitrogens with one attached hydrogen (secondary N) is 2. The molecule has 6 nitrogen and oxygen atoms in total. The van der Waals surface area contributed by atoms with Crippen LogP contribution in [0.25, 0.3) is 0 Å². The van der Waals surface area contributed by atoms with Gasteiger partial charge in [-0.25, -0.2) is 0 Å². The summed E-state index contributed by atoms with van der Waals surface area (Å²) in [5, 5.41) is 6.03. The van der Waals surface area contributed by atoms with E-state index in [2.05, 4.69) is 10.6 Å². The number of rotatable bonds is 2. The number of piperidine rings is 1. The predicted molar refractivity (Wildman–Crippen MR) is 77.1 cm³/mol. The Balaban J connectivity index is 1.77. The van der Waals surface area contributed by atoms with Crippen LogP contribution in [0.2, 0.25) is 0 Å². The zero-order chi connectivity index (χ0) is 15.0. The van der Waals surface area contributed by atoms with E-state index in [-0.39, 0.29) is 23.6 Å². The number of nitrogens with zero attached hydrogens (tertiary/aromatic N) is 1. The van der Waals surface area contributed by atoms with Gasteiger partial charge in [-0.2, -0.15) is 0 Å². The Morgan fingerprint density at radius 1 is 1.29 bits per heavy atom. The van der Waals surface area contributed by atoms with Crippen molar-refractivity contribution >= 4 is 23.4 Å². The first-order valence-corrected chi connectivity index (χ1v) is 7.06. The minimum Gasteiger partial charge on any atom is -0.326 e. The average molecular weight is 287 g/mol. The first-order valence-electron chi connectivity index (χ1n) is 7.06. The van der Waals surface area contributed by atoms with E-state index in [1.807, 2.05) is 0 Å². The molecule has 0 spiro atoms. The van der Waals surface area contributed by atoms with Gasteiger partial charge < -0.3 is 10.6 Å². The van der Waals surface area contributed by atoms with Crippen LogP contribution in [0, 0.1) is 5.92 Å². The highest BCUT2D eigenvalue weighted by Gasteiger charge is 2.33. The van der Waals surface area contributed by atoms with E-state index in [4.69, 9.17) is 0 Å². The Bertz CT molecular complexity index is 621. The van der Waals surface area contributed by atoms with E-state index < -0.39 is 0 Å². The van der Waals surface area contributed by atoms with Crippen molar-refractivity contribution in [3.63, 3.8) is 0 Å². The molecule has 0 radical (unpaired) electrons. The quantitative estimate of drug-likeness (QED) is 0.790. The van der Waals surface area contributed by atoms with Gasteiger partial charge >= 0.3 is 0 Å². The molecular formula is C15H17N3O3. The van der Waals surface area contributed by atoms with Crippen molar-refractivity contribution in [2.75, 3.05) is 25.5 Å². The monoisotopic (exact) mass is 287 g/mol. The van der Waals surface area contributed by atoms with Crippen LogP contribution in [-0.2, 0) is 4.79 Å². The number of benzene rings is 1. The molecule has 1 saturated heterocycles. The minimum absolute atomic E-state index is 0.0488. The third-order valence-corrected chi connectivity index (χ3v) is 4.02. The molecule has 0 aromatic heterocycles. The molecule has 3 amide bonds. The lowest BCUT2D eigenvalue weighted by molar-refractivity contribution is -0.120. The van der Waals surface area contributed by atoms with Crippen LogP contribution in [0.3, 0.4) is 0 Å². The van der Waals surface area contributed by atoms with Crippen molar-refractivity contribution in [2.24, 2.45) is 5.92 Å². The van der Waals surface area contributed by atoms with E-state index in [0.717, 1.165) is 24.3 Å². The molecule has 2 heterocycles. The van der Waals surface area contributed by atoms with Gasteiger partial charge in [-0.1, -0.05) is 0 Å². The standard InChI is InChI=1S/C15H17N3O3/c1-18-14(20)11-5-4-10(7-12(11)15(18)21)17-13(19)9-3-2-6-16-8-9/h4-5,7,9,16H,2-3,6,8H2,1H3,(H,17,19). The largest absolute Gasteiger partial charge is 0.326 e. The fourth-order valence-corrected chi connectivity index (χ4v) is 2.76. The summed E-state index contributed by atoms with van der Waals surface area (Å²) >= 11 is 0. The number of amides is 3. The molecule has 2 N–H and O–H groups in total. The van der Waals surface area contributed by atoms with Crippen LogP contribution in [0.1, 0.15) is 33.6 Å². The lowest BCUT2D eigenvalue weighted by atomic mass is 9.98. The van der Waals surface area contributed by atoms with Crippen molar-refractivity contribution in [3.8, 4) is 0 Å². The Kier molecular flexibility index (Phi) is 3.47. The number of fused-ring (bicyclic) bond motifs is 1. The lowest BCUT2D eigenvalue weighted by Crippen LogP contribution is -2.37. The van der Waals surface area contributed by atoms with Gasteiger partial charge in [0.1, 0.15) is 0 Å². The maximum Gasteiger partial charge on any atom is 0.261 e. The van der Waals surface area contributed by atoms with Crippen LogP contribution in [0.4, 0.5) is 5.69 Å². The summed E-state index contributed by atoms with van der Waals surface area (Å²) in [4.78, 5) is 37.0. The summed E-state index contributed by atoms with van der Waals surface area (Å²) in [5.41, 5.74) is 1.29. The van der Waals surface area contributed by atoms with Gasteiger partial charge in [0.25, 0.3) is 11.8 Å². The molecular weight excluding hydrogens is 270 g/mol. The number of carbonyl (C=O) groups excluding carboxylic acids is 3. The van der Waals surface area contributed by atoms with Gasteiger partial charge in [0.2, 0.25) is 5.91 Å². The Morgan fingerprint density at radius 3 is 2.76 bits per heavy atom. The molecule has 110 valence electrons. The summed E-state index contributed by atoms with van der Waals surface area (Å²) in [7, 11) is 1.45. The number of imide groups is 1.